The number of nitrogens with two attached hydrogens (primary N) is 1. The van der Waals surface area contributed by atoms with Gasteiger partial charge in [0.1, 0.15) is 0 Å². The summed E-state index contributed by atoms with van der Waals surface area (Å²) in [5, 5.41) is 0.684. The Morgan fingerprint density at radius 1 is 1.21 bits per heavy atom. The highest BCUT2D eigenvalue weighted by Crippen LogP contribution is 2.38. The first kappa shape index (κ1) is 15.3. The highest BCUT2D eigenvalue weighted by atomic mass is 35.5. The molecule has 2 aliphatic rings. The van der Waals surface area contributed by atoms with Crippen LogP contribution in [0.25, 0.3) is 0 Å². The monoisotopic (exact) mass is 343 g/mol. The van der Waals surface area contributed by atoms with E-state index in [9.17, 15) is 0 Å². The number of ether oxygens (including phenoxy) is 2. The van der Waals surface area contributed by atoms with E-state index in [0.717, 1.165) is 34.0 Å². The Morgan fingerprint density at radius 2 is 2.00 bits per heavy atom. The number of hydrogen-bond acceptors (Lipinski definition) is 5. The van der Waals surface area contributed by atoms with Crippen molar-refractivity contribution in [1.82, 2.24) is 0 Å². The van der Waals surface area contributed by atoms with E-state index in [1.165, 1.54) is 0 Å². The van der Waals surface area contributed by atoms with Gasteiger partial charge in [0.15, 0.2) is 17.8 Å². The predicted molar refractivity (Wildman–Crippen MR) is 95.3 cm³/mol. The van der Waals surface area contributed by atoms with E-state index in [1.807, 2.05) is 48.3 Å². The molecule has 2 aromatic carbocycles. The van der Waals surface area contributed by atoms with Gasteiger partial charge in [-0.2, -0.15) is 0 Å². The molecule has 0 spiro atoms. The Hall–Kier alpha value is -2.24. The SMILES string of the molecule is CC(C1=NC(N)N(C)c2ccc(Cl)cc21)c1ccc2c(c1)OCO2. The Labute approximate surface area is 145 Å². The summed E-state index contributed by atoms with van der Waals surface area (Å²) >= 11 is 6.21. The van der Waals surface area contributed by atoms with Crippen LogP contribution in [-0.4, -0.2) is 25.8 Å². The Balaban J connectivity index is 1.78. The maximum Gasteiger partial charge on any atom is 0.231 e. The van der Waals surface area contributed by atoms with Crippen molar-refractivity contribution >= 4 is 23.0 Å². The molecule has 5 nitrogen and oxygen atoms in total. The highest BCUT2D eigenvalue weighted by molar-refractivity contribution is 6.31. The molecule has 0 saturated heterocycles. The molecule has 24 heavy (non-hydrogen) atoms. The number of fused-ring (bicyclic) bond motifs is 2. The number of nitrogens with zero attached hydrogens (tertiary/aromatic N) is 2. The van der Waals surface area contributed by atoms with E-state index in [2.05, 4.69) is 6.92 Å². The van der Waals surface area contributed by atoms with Gasteiger partial charge in [-0.1, -0.05) is 24.6 Å². The molecule has 124 valence electrons. The average Bonchev–Trinajstić information content (AvgIpc) is 3.05. The number of anilines is 1. The van der Waals surface area contributed by atoms with Gasteiger partial charge in [-0.25, -0.2) is 4.99 Å². The molecule has 2 aromatic rings. The zero-order valence-corrected chi connectivity index (χ0v) is 14.2. The van der Waals surface area contributed by atoms with Crippen molar-refractivity contribution in [2.75, 3.05) is 18.7 Å². The lowest BCUT2D eigenvalue weighted by Crippen LogP contribution is -2.42. The van der Waals surface area contributed by atoms with E-state index in [-0.39, 0.29) is 12.7 Å². The zero-order valence-electron chi connectivity index (χ0n) is 13.5. The number of rotatable bonds is 2. The van der Waals surface area contributed by atoms with Gasteiger partial charge >= 0.3 is 0 Å². The van der Waals surface area contributed by atoms with Gasteiger partial charge in [-0.05, 0) is 35.9 Å². The zero-order chi connectivity index (χ0) is 16.8. The lowest BCUT2D eigenvalue weighted by molar-refractivity contribution is 0.174. The van der Waals surface area contributed by atoms with Crippen LogP contribution in [0.15, 0.2) is 41.4 Å². The maximum atomic E-state index is 6.21. The molecule has 2 atom stereocenters. The van der Waals surface area contributed by atoms with Crippen LogP contribution in [0.1, 0.15) is 24.0 Å². The van der Waals surface area contributed by atoms with Crippen molar-refractivity contribution in [2.45, 2.75) is 19.1 Å². The van der Waals surface area contributed by atoms with E-state index in [1.54, 1.807) is 0 Å². The van der Waals surface area contributed by atoms with Crippen LogP contribution in [0.3, 0.4) is 0 Å². The van der Waals surface area contributed by atoms with Gasteiger partial charge in [-0.15, -0.1) is 0 Å². The van der Waals surface area contributed by atoms with Gasteiger partial charge in [0.05, 0.1) is 5.71 Å². The first-order chi connectivity index (χ1) is 11.5. The summed E-state index contributed by atoms with van der Waals surface area (Å²) in [4.78, 5) is 6.65. The molecule has 0 saturated carbocycles. The molecule has 0 radical (unpaired) electrons. The van der Waals surface area contributed by atoms with E-state index in [0.29, 0.717) is 5.02 Å². The lowest BCUT2D eigenvalue weighted by Gasteiger charge is -2.33. The molecular formula is C18H18ClN3O2. The third kappa shape index (κ3) is 2.41. The second-order valence-corrected chi connectivity index (χ2v) is 6.47. The summed E-state index contributed by atoms with van der Waals surface area (Å²) in [5.74, 6) is 1.59. The van der Waals surface area contributed by atoms with Gasteiger partial charge in [0, 0.05) is 29.2 Å². The van der Waals surface area contributed by atoms with Gasteiger partial charge in [-0.3, -0.25) is 5.73 Å². The van der Waals surface area contributed by atoms with Crippen molar-refractivity contribution in [1.29, 1.82) is 0 Å². The molecule has 0 bridgehead atoms. The van der Waals surface area contributed by atoms with Crippen LogP contribution in [-0.2, 0) is 0 Å². The molecule has 0 fully saturated rings. The topological polar surface area (TPSA) is 60.1 Å². The molecule has 2 N–H and O–H groups in total. The predicted octanol–water partition coefficient (Wildman–Crippen LogP) is 3.35. The fourth-order valence-corrected chi connectivity index (χ4v) is 3.32. The number of aliphatic imine (C=N–C) groups is 1. The standard InChI is InChI=1S/C18H18ClN3O2/c1-10(11-3-6-15-16(7-11)24-9-23-15)17-13-8-12(19)4-5-14(13)22(2)18(20)21-17/h3-8,10,18H,9,20H2,1-2H3. The second-order valence-electron chi connectivity index (χ2n) is 6.03. The first-order valence-electron chi connectivity index (χ1n) is 7.80. The summed E-state index contributed by atoms with van der Waals surface area (Å²) < 4.78 is 10.9. The van der Waals surface area contributed by atoms with Crippen LogP contribution in [0.2, 0.25) is 5.02 Å². The van der Waals surface area contributed by atoms with E-state index < -0.39 is 6.29 Å². The molecule has 2 unspecified atom stereocenters. The minimum atomic E-state index is -0.412. The van der Waals surface area contributed by atoms with Crippen LogP contribution in [0.5, 0.6) is 11.5 Å². The number of benzene rings is 2. The average molecular weight is 344 g/mol. The first-order valence-corrected chi connectivity index (χ1v) is 8.18. The normalized spacial score (nSPS) is 19.8. The molecule has 0 aliphatic carbocycles. The summed E-state index contributed by atoms with van der Waals surface area (Å²) in [7, 11) is 1.93. The largest absolute Gasteiger partial charge is 0.454 e. The summed E-state index contributed by atoms with van der Waals surface area (Å²) in [5.41, 5.74) is 10.3. The van der Waals surface area contributed by atoms with Crippen LogP contribution >= 0.6 is 11.6 Å². The minimum Gasteiger partial charge on any atom is -0.454 e. The number of hydrogen-bond donors (Lipinski definition) is 1. The summed E-state index contributed by atoms with van der Waals surface area (Å²) in [6, 6.07) is 11.8. The van der Waals surface area contributed by atoms with Crippen LogP contribution in [0.4, 0.5) is 5.69 Å². The van der Waals surface area contributed by atoms with Crippen molar-refractivity contribution in [3.05, 3.63) is 52.5 Å². The van der Waals surface area contributed by atoms with E-state index in [4.69, 9.17) is 31.8 Å². The van der Waals surface area contributed by atoms with Crippen molar-refractivity contribution < 1.29 is 9.47 Å². The highest BCUT2D eigenvalue weighted by Gasteiger charge is 2.28. The second kappa shape index (κ2) is 5.69. The molecule has 2 heterocycles. The molecule has 4 rings (SSSR count). The maximum absolute atomic E-state index is 6.21. The summed E-state index contributed by atoms with van der Waals surface area (Å²) in [6.45, 7) is 2.38. The molecule has 0 aromatic heterocycles. The quantitative estimate of drug-likeness (QED) is 0.908. The fraction of sp³-hybridized carbons (Fsp3) is 0.278. The smallest absolute Gasteiger partial charge is 0.231 e. The van der Waals surface area contributed by atoms with Gasteiger partial charge in [0.25, 0.3) is 0 Å². The van der Waals surface area contributed by atoms with Crippen molar-refractivity contribution in [3.63, 3.8) is 0 Å². The third-order valence-corrected chi connectivity index (χ3v) is 4.82. The molecule has 6 heteroatoms. The van der Waals surface area contributed by atoms with Gasteiger partial charge in [0.2, 0.25) is 6.79 Å². The third-order valence-electron chi connectivity index (χ3n) is 4.59. The van der Waals surface area contributed by atoms with Crippen molar-refractivity contribution in [2.24, 2.45) is 10.7 Å². The Kier molecular flexibility index (Phi) is 3.62. The molecular weight excluding hydrogens is 326 g/mol. The van der Waals surface area contributed by atoms with Crippen LogP contribution in [0, 0.1) is 0 Å². The number of halogens is 1. The molecule has 2 aliphatic heterocycles. The summed E-state index contributed by atoms with van der Waals surface area (Å²) in [6.07, 6.45) is -0.412. The minimum absolute atomic E-state index is 0.0523. The Morgan fingerprint density at radius 3 is 2.83 bits per heavy atom. The Bertz CT molecular complexity index is 837. The van der Waals surface area contributed by atoms with Gasteiger partial charge < -0.3 is 14.4 Å². The fourth-order valence-electron chi connectivity index (χ4n) is 3.15. The molecule has 0 amide bonds. The van der Waals surface area contributed by atoms with E-state index >= 15 is 0 Å². The van der Waals surface area contributed by atoms with Crippen molar-refractivity contribution in [3.8, 4) is 11.5 Å². The lowest BCUT2D eigenvalue weighted by atomic mass is 9.89. The van der Waals surface area contributed by atoms with Crippen LogP contribution < -0.4 is 20.1 Å².